The van der Waals surface area contributed by atoms with Gasteiger partial charge in [-0.3, -0.25) is 9.69 Å². The molecule has 0 radical (unpaired) electrons. The highest BCUT2D eigenvalue weighted by Gasteiger charge is 2.69. The molecular weight excluding hydrogens is 595 g/mol. The van der Waals surface area contributed by atoms with Gasteiger partial charge < -0.3 is 14.9 Å². The van der Waals surface area contributed by atoms with Gasteiger partial charge in [-0.25, -0.2) is 9.18 Å². The maximum atomic E-state index is 14.1. The first-order valence-corrected chi connectivity index (χ1v) is 14.4. The van der Waals surface area contributed by atoms with Crippen molar-refractivity contribution in [3.8, 4) is 0 Å². The predicted molar refractivity (Wildman–Crippen MR) is 146 cm³/mol. The Bertz CT molecular complexity index is 1430. The summed E-state index contributed by atoms with van der Waals surface area (Å²) >= 11 is 0. The number of carboxylic acid groups (broad SMARTS) is 1. The molecule has 0 aromatic heterocycles. The fourth-order valence-corrected chi connectivity index (χ4v) is 7.22. The van der Waals surface area contributed by atoms with Crippen LogP contribution >= 0.6 is 0 Å². The summed E-state index contributed by atoms with van der Waals surface area (Å²) in [6, 6.07) is 3.06. The Morgan fingerprint density at radius 2 is 1.66 bits per heavy atom. The van der Waals surface area contributed by atoms with Crippen molar-refractivity contribution in [3.63, 3.8) is 0 Å². The van der Waals surface area contributed by atoms with E-state index in [0.29, 0.717) is 49.1 Å². The minimum atomic E-state index is -5.03. The largest absolute Gasteiger partial charge is 0.481 e. The number of benzene rings is 2. The summed E-state index contributed by atoms with van der Waals surface area (Å²) in [5.74, 6) is -1.26. The number of alkyl halides is 6. The maximum Gasteiger partial charge on any atom is 0.416 e. The highest BCUT2D eigenvalue weighted by Crippen LogP contribution is 2.62. The summed E-state index contributed by atoms with van der Waals surface area (Å²) < 4.78 is 95.2. The van der Waals surface area contributed by atoms with E-state index in [0.717, 1.165) is 4.90 Å². The number of likely N-dealkylation sites (tertiary alicyclic amines) is 2. The van der Waals surface area contributed by atoms with E-state index in [1.54, 1.807) is 13.0 Å². The molecule has 2 aliphatic heterocycles. The number of carboxylic acids is 1. The first-order valence-electron chi connectivity index (χ1n) is 14.4. The summed E-state index contributed by atoms with van der Waals surface area (Å²) in [5.41, 5.74) is -2.79. The number of hydrogen-bond donors (Lipinski definition) is 1. The number of amides is 2. The molecule has 3 fully saturated rings. The zero-order chi connectivity index (χ0) is 32.5. The second kappa shape index (κ2) is 10.9. The lowest BCUT2D eigenvalue weighted by Gasteiger charge is -2.46. The van der Waals surface area contributed by atoms with E-state index in [2.05, 4.69) is 4.90 Å². The Hall–Kier alpha value is -3.35. The predicted octanol–water partition coefficient (Wildman–Crippen LogP) is 7.29. The van der Waals surface area contributed by atoms with Crippen molar-refractivity contribution in [1.82, 2.24) is 14.7 Å². The van der Waals surface area contributed by atoms with Crippen molar-refractivity contribution in [2.24, 2.45) is 11.3 Å². The van der Waals surface area contributed by atoms with Crippen LogP contribution in [0.1, 0.15) is 73.0 Å². The first-order chi connectivity index (χ1) is 20.3. The van der Waals surface area contributed by atoms with Crippen LogP contribution in [0.15, 0.2) is 36.4 Å². The third kappa shape index (κ3) is 5.63. The average molecular weight is 630 g/mol. The third-order valence-corrected chi connectivity index (χ3v) is 9.99. The number of carbonyl (C=O) groups excluding carboxylic acids is 1. The van der Waals surface area contributed by atoms with Gasteiger partial charge in [-0.2, -0.15) is 26.3 Å². The second-order valence-corrected chi connectivity index (χ2v) is 12.5. The van der Waals surface area contributed by atoms with Gasteiger partial charge in [-0.05, 0) is 93.0 Å². The third-order valence-electron chi connectivity index (χ3n) is 9.99. The van der Waals surface area contributed by atoms with Crippen LogP contribution < -0.4 is 0 Å². The minimum absolute atomic E-state index is 0.0137. The maximum absolute atomic E-state index is 14.1. The number of urea groups is 1. The number of aryl methyl sites for hydroxylation is 1. The highest BCUT2D eigenvalue weighted by atomic mass is 19.4. The van der Waals surface area contributed by atoms with Gasteiger partial charge in [0.1, 0.15) is 5.82 Å². The summed E-state index contributed by atoms with van der Waals surface area (Å²) in [4.78, 5) is 30.8. The highest BCUT2D eigenvalue weighted by molar-refractivity contribution is 5.80. The SMILES string of the molecule is Cc1cc(F)ccc1C1CC(N2CC3(C(=O)O)CC3C2C)CCN1C(=O)N(C)C(C)c1cc(C(F)(F)F)cc(C(F)(F)F)c1. The number of hydrogen-bond acceptors (Lipinski definition) is 3. The molecule has 2 aromatic rings. The molecule has 6 atom stereocenters. The molecular formula is C31H34F7N3O3. The van der Waals surface area contributed by atoms with E-state index in [1.807, 2.05) is 6.92 Å². The van der Waals surface area contributed by atoms with Gasteiger partial charge in [-0.15, -0.1) is 0 Å². The Morgan fingerprint density at radius 1 is 1.05 bits per heavy atom. The Morgan fingerprint density at radius 3 is 2.18 bits per heavy atom. The number of aliphatic carboxylic acids is 1. The quantitative estimate of drug-likeness (QED) is 0.353. The van der Waals surface area contributed by atoms with Crippen LogP contribution in [0.4, 0.5) is 35.5 Å². The summed E-state index contributed by atoms with van der Waals surface area (Å²) in [6.45, 7) is 5.65. The monoisotopic (exact) mass is 629 g/mol. The molecule has 6 nitrogen and oxygen atoms in total. The molecule has 13 heteroatoms. The van der Waals surface area contributed by atoms with Crippen molar-refractivity contribution in [3.05, 3.63) is 70.0 Å². The molecule has 44 heavy (non-hydrogen) atoms. The molecule has 0 spiro atoms. The number of piperidine rings is 2. The van der Waals surface area contributed by atoms with Gasteiger partial charge in [0, 0.05) is 32.2 Å². The average Bonchev–Trinajstić information content (AvgIpc) is 3.62. The molecule has 240 valence electrons. The molecule has 2 heterocycles. The normalized spacial score (nSPS) is 28.0. The molecule has 3 aliphatic rings. The molecule has 1 aliphatic carbocycles. The van der Waals surface area contributed by atoms with E-state index in [-0.39, 0.29) is 36.2 Å². The van der Waals surface area contributed by atoms with Crippen molar-refractivity contribution in [1.29, 1.82) is 0 Å². The Balaban J connectivity index is 1.44. The van der Waals surface area contributed by atoms with Crippen molar-refractivity contribution >= 4 is 12.0 Å². The molecule has 5 rings (SSSR count). The van der Waals surface area contributed by atoms with Crippen LogP contribution in [-0.4, -0.2) is 64.0 Å². The van der Waals surface area contributed by atoms with Crippen molar-refractivity contribution in [2.75, 3.05) is 20.1 Å². The number of rotatable bonds is 5. The van der Waals surface area contributed by atoms with Crippen LogP contribution in [-0.2, 0) is 17.1 Å². The number of nitrogens with zero attached hydrogens (tertiary/aromatic N) is 3. The first kappa shape index (κ1) is 32.1. The van der Waals surface area contributed by atoms with Gasteiger partial charge in [0.15, 0.2) is 0 Å². The van der Waals surface area contributed by atoms with E-state index in [1.165, 1.54) is 31.0 Å². The number of fused-ring (bicyclic) bond motifs is 1. The van der Waals surface area contributed by atoms with Gasteiger partial charge in [0.05, 0.1) is 28.6 Å². The minimum Gasteiger partial charge on any atom is -0.481 e. The fourth-order valence-electron chi connectivity index (χ4n) is 7.22. The summed E-state index contributed by atoms with van der Waals surface area (Å²) in [5, 5.41) is 9.84. The standard InChI is InChI=1S/C31H34F7N3O3/c1-16-9-22(32)5-6-24(16)26-13-23(41-15-29(27(42)43)14-25(29)18(41)3)7-8-40(26)28(44)39(4)17(2)19-10-20(30(33,34)35)12-21(11-19)31(36,37)38/h5-6,9-12,17-18,23,25-26H,7-8,13-15H2,1-4H3,(H,42,43). The van der Waals surface area contributed by atoms with Crippen LogP contribution in [0.2, 0.25) is 0 Å². The molecule has 2 saturated heterocycles. The summed E-state index contributed by atoms with van der Waals surface area (Å²) in [6.07, 6.45) is -8.56. The zero-order valence-corrected chi connectivity index (χ0v) is 24.6. The number of carbonyl (C=O) groups is 2. The van der Waals surface area contributed by atoms with Gasteiger partial charge in [-0.1, -0.05) is 6.07 Å². The molecule has 1 saturated carbocycles. The van der Waals surface area contributed by atoms with Gasteiger partial charge in [0.2, 0.25) is 0 Å². The number of halogens is 7. The molecule has 1 N–H and O–H groups in total. The van der Waals surface area contributed by atoms with Crippen LogP contribution in [0, 0.1) is 24.1 Å². The van der Waals surface area contributed by atoms with Crippen molar-refractivity contribution < 1.29 is 45.4 Å². The second-order valence-electron chi connectivity index (χ2n) is 12.5. The van der Waals surface area contributed by atoms with Gasteiger partial charge in [0.25, 0.3) is 0 Å². The Labute approximate surface area is 250 Å². The van der Waals surface area contributed by atoms with Crippen molar-refractivity contribution in [2.45, 2.75) is 76.6 Å². The lowest BCUT2D eigenvalue weighted by molar-refractivity contribution is -0.144. The van der Waals surface area contributed by atoms with E-state index in [4.69, 9.17) is 0 Å². The lowest BCUT2D eigenvalue weighted by Crippen LogP contribution is -2.53. The Kier molecular flexibility index (Phi) is 7.96. The van der Waals surface area contributed by atoms with E-state index in [9.17, 15) is 45.4 Å². The van der Waals surface area contributed by atoms with E-state index >= 15 is 0 Å². The molecule has 2 aromatic carbocycles. The van der Waals surface area contributed by atoms with Crippen LogP contribution in [0.5, 0.6) is 0 Å². The molecule has 2 amide bonds. The molecule has 0 bridgehead atoms. The topological polar surface area (TPSA) is 64.1 Å². The van der Waals surface area contributed by atoms with Crippen LogP contribution in [0.25, 0.3) is 0 Å². The van der Waals surface area contributed by atoms with Gasteiger partial charge >= 0.3 is 24.4 Å². The lowest BCUT2D eigenvalue weighted by atomic mass is 9.88. The smallest absolute Gasteiger partial charge is 0.416 e. The van der Waals surface area contributed by atoms with Crippen LogP contribution in [0.3, 0.4) is 0 Å². The zero-order valence-electron chi connectivity index (χ0n) is 24.6. The van der Waals surface area contributed by atoms with E-state index < -0.39 is 58.8 Å². The fraction of sp³-hybridized carbons (Fsp3) is 0.548. The molecule has 6 unspecified atom stereocenters. The summed E-state index contributed by atoms with van der Waals surface area (Å²) in [7, 11) is 1.33.